The lowest BCUT2D eigenvalue weighted by Gasteiger charge is -2.25. The van der Waals surface area contributed by atoms with Gasteiger partial charge in [0.15, 0.2) is 0 Å². The highest BCUT2D eigenvalue weighted by atomic mass is 35.5. The number of thiophene rings is 1. The molecule has 1 aliphatic rings. The van der Waals surface area contributed by atoms with Crippen LogP contribution in [0.3, 0.4) is 0 Å². The Hall–Kier alpha value is -3.08. The molecule has 3 aromatic carbocycles. The molecule has 5 rings (SSSR count). The van der Waals surface area contributed by atoms with Gasteiger partial charge in [0.05, 0.1) is 10.6 Å². The van der Waals surface area contributed by atoms with Gasteiger partial charge in [0.25, 0.3) is 0 Å². The van der Waals surface area contributed by atoms with E-state index in [0.29, 0.717) is 6.67 Å². The second kappa shape index (κ2) is 8.96. The lowest BCUT2D eigenvalue weighted by molar-refractivity contribution is 0.809. The third kappa shape index (κ3) is 4.66. The first-order valence-corrected chi connectivity index (χ1v) is 11.5. The summed E-state index contributed by atoms with van der Waals surface area (Å²) < 4.78 is 0. The maximum atomic E-state index is 6.03. The minimum absolute atomic E-state index is 0.675. The van der Waals surface area contributed by atoms with E-state index >= 15 is 0 Å². The molecule has 5 heteroatoms. The number of nitrogens with zero attached hydrogens (tertiary/aromatic N) is 2. The smallest absolute Gasteiger partial charge is 0.110 e. The number of anilines is 2. The van der Waals surface area contributed by atoms with Crippen molar-refractivity contribution in [3.05, 3.63) is 106 Å². The number of halogens is 1. The van der Waals surface area contributed by atoms with E-state index in [1.807, 2.05) is 24.4 Å². The largest absolute Gasteiger partial charge is 0.381 e. The highest BCUT2D eigenvalue weighted by Crippen LogP contribution is 2.38. The van der Waals surface area contributed by atoms with Gasteiger partial charge in [-0.25, -0.2) is 0 Å². The van der Waals surface area contributed by atoms with Crippen molar-refractivity contribution in [1.82, 2.24) is 0 Å². The highest BCUT2D eigenvalue weighted by Gasteiger charge is 2.18. The maximum absolute atomic E-state index is 6.03. The predicted molar refractivity (Wildman–Crippen MR) is 134 cm³/mol. The molecule has 1 aliphatic heterocycles. The summed E-state index contributed by atoms with van der Waals surface area (Å²) in [6.07, 6.45) is 2.00. The molecule has 4 aromatic rings. The molecule has 1 aromatic heterocycles. The summed E-state index contributed by atoms with van der Waals surface area (Å²) in [5.41, 5.74) is 6.10. The van der Waals surface area contributed by atoms with Crippen LogP contribution >= 0.6 is 22.9 Å². The van der Waals surface area contributed by atoms with Crippen molar-refractivity contribution < 1.29 is 0 Å². The molecular formula is C26H22ClN3S. The van der Waals surface area contributed by atoms with Crippen LogP contribution in [0.5, 0.6) is 0 Å². The van der Waals surface area contributed by atoms with E-state index in [2.05, 4.69) is 81.9 Å². The van der Waals surface area contributed by atoms with Gasteiger partial charge < -0.3 is 10.2 Å². The van der Waals surface area contributed by atoms with Crippen LogP contribution < -0.4 is 10.2 Å². The topological polar surface area (TPSA) is 27.6 Å². The normalized spacial score (nSPS) is 12.6. The molecule has 0 saturated heterocycles. The van der Waals surface area contributed by atoms with Gasteiger partial charge in [0.2, 0.25) is 0 Å². The predicted octanol–water partition coefficient (Wildman–Crippen LogP) is 7.08. The maximum Gasteiger partial charge on any atom is 0.110 e. The Labute approximate surface area is 191 Å². The number of benzene rings is 3. The van der Waals surface area contributed by atoms with Crippen LogP contribution in [-0.4, -0.2) is 12.9 Å². The molecule has 0 unspecified atom stereocenters. The summed E-state index contributed by atoms with van der Waals surface area (Å²) in [4.78, 5) is 9.35. The van der Waals surface area contributed by atoms with Crippen LogP contribution in [0.2, 0.25) is 5.02 Å². The third-order valence-corrected chi connectivity index (χ3v) is 6.70. The van der Waals surface area contributed by atoms with Gasteiger partial charge >= 0.3 is 0 Å². The Balaban J connectivity index is 1.30. The summed E-state index contributed by atoms with van der Waals surface area (Å²) in [6, 6.07) is 29.4. The second-order valence-electron chi connectivity index (χ2n) is 7.55. The fourth-order valence-corrected chi connectivity index (χ4v) is 4.88. The summed E-state index contributed by atoms with van der Waals surface area (Å²) in [7, 11) is 0. The van der Waals surface area contributed by atoms with Gasteiger partial charge in [0.1, 0.15) is 6.67 Å². The van der Waals surface area contributed by atoms with Gasteiger partial charge in [-0.05, 0) is 47.0 Å². The molecule has 0 radical (unpaired) electrons. The molecule has 0 fully saturated rings. The fraction of sp³-hybridized carbons (Fsp3) is 0.115. The zero-order valence-corrected chi connectivity index (χ0v) is 18.5. The van der Waals surface area contributed by atoms with Crippen LogP contribution in [0.15, 0.2) is 89.9 Å². The van der Waals surface area contributed by atoms with Crippen LogP contribution in [0.1, 0.15) is 16.0 Å². The van der Waals surface area contributed by atoms with Crippen LogP contribution in [-0.2, 0) is 13.1 Å². The van der Waals surface area contributed by atoms with Crippen molar-refractivity contribution in [2.24, 2.45) is 4.99 Å². The van der Waals surface area contributed by atoms with Crippen LogP contribution in [0.25, 0.3) is 10.4 Å². The molecule has 0 spiro atoms. The monoisotopic (exact) mass is 443 g/mol. The third-order valence-electron chi connectivity index (χ3n) is 5.34. The van der Waals surface area contributed by atoms with Crippen molar-refractivity contribution in [2.75, 3.05) is 16.9 Å². The van der Waals surface area contributed by atoms with E-state index in [1.165, 1.54) is 32.1 Å². The molecule has 0 atom stereocenters. The first-order valence-electron chi connectivity index (χ1n) is 10.3. The van der Waals surface area contributed by atoms with E-state index in [1.54, 1.807) is 11.3 Å². The first kappa shape index (κ1) is 19.9. The number of fused-ring (bicyclic) bond motifs is 1. The number of hydrogen-bond donors (Lipinski definition) is 1. The Bertz CT molecular complexity index is 1180. The SMILES string of the molecule is Clc1ccc(CN2CN=Cc3sc(-c4ccc(NCc5ccccc5)cc4)cc32)cc1. The summed E-state index contributed by atoms with van der Waals surface area (Å²) in [6.45, 7) is 2.32. The molecule has 0 aliphatic carbocycles. The van der Waals surface area contributed by atoms with E-state index in [0.717, 1.165) is 23.8 Å². The van der Waals surface area contributed by atoms with Gasteiger partial charge in [-0.3, -0.25) is 4.99 Å². The molecular weight excluding hydrogens is 422 g/mol. The lowest BCUT2D eigenvalue weighted by atomic mass is 10.1. The fourth-order valence-electron chi connectivity index (χ4n) is 3.67. The highest BCUT2D eigenvalue weighted by molar-refractivity contribution is 7.17. The molecule has 154 valence electrons. The van der Waals surface area contributed by atoms with E-state index < -0.39 is 0 Å². The number of rotatable bonds is 6. The molecule has 0 saturated carbocycles. The van der Waals surface area contributed by atoms with E-state index in [4.69, 9.17) is 11.6 Å². The van der Waals surface area contributed by atoms with Gasteiger partial charge in [-0.2, -0.15) is 0 Å². The number of nitrogens with one attached hydrogen (secondary N) is 1. The molecule has 0 amide bonds. The van der Waals surface area contributed by atoms with Crippen molar-refractivity contribution in [3.63, 3.8) is 0 Å². The lowest BCUT2D eigenvalue weighted by Crippen LogP contribution is -2.25. The zero-order chi connectivity index (χ0) is 21.0. The van der Waals surface area contributed by atoms with E-state index in [9.17, 15) is 0 Å². The summed E-state index contributed by atoms with van der Waals surface area (Å²) in [5.74, 6) is 0. The molecule has 1 N–H and O–H groups in total. The summed E-state index contributed by atoms with van der Waals surface area (Å²) in [5, 5.41) is 4.26. The van der Waals surface area contributed by atoms with Gasteiger partial charge in [-0.1, -0.05) is 66.2 Å². The number of aliphatic imine (C=N–C) groups is 1. The Morgan fingerprint density at radius 1 is 0.903 bits per heavy atom. The van der Waals surface area contributed by atoms with Crippen LogP contribution in [0.4, 0.5) is 11.4 Å². The summed E-state index contributed by atoms with van der Waals surface area (Å²) >= 11 is 7.82. The van der Waals surface area contributed by atoms with E-state index in [-0.39, 0.29) is 0 Å². The van der Waals surface area contributed by atoms with Gasteiger partial charge in [-0.15, -0.1) is 11.3 Å². The Kier molecular flexibility index (Phi) is 5.74. The minimum Gasteiger partial charge on any atom is -0.381 e. The standard InChI is InChI=1S/C26H22ClN3S/c27-22-10-6-20(7-11-22)17-30-18-28-16-26-24(30)14-25(31-26)21-8-12-23(13-9-21)29-15-19-4-2-1-3-5-19/h1-14,16,29H,15,17-18H2. The molecule has 3 nitrogen and oxygen atoms in total. The molecule has 31 heavy (non-hydrogen) atoms. The Morgan fingerprint density at radius 2 is 1.68 bits per heavy atom. The zero-order valence-electron chi connectivity index (χ0n) is 17.0. The minimum atomic E-state index is 0.675. The average molecular weight is 444 g/mol. The quantitative estimate of drug-likeness (QED) is 0.345. The van der Waals surface area contributed by atoms with Crippen molar-refractivity contribution >= 4 is 40.5 Å². The number of hydrogen-bond acceptors (Lipinski definition) is 4. The van der Waals surface area contributed by atoms with Crippen LogP contribution in [0, 0.1) is 0 Å². The van der Waals surface area contributed by atoms with Crippen molar-refractivity contribution in [3.8, 4) is 10.4 Å². The first-order chi connectivity index (χ1) is 15.2. The van der Waals surface area contributed by atoms with Crippen molar-refractivity contribution in [1.29, 1.82) is 0 Å². The molecule has 0 bridgehead atoms. The average Bonchev–Trinajstić information content (AvgIpc) is 3.26. The van der Waals surface area contributed by atoms with Crippen molar-refractivity contribution in [2.45, 2.75) is 13.1 Å². The second-order valence-corrected chi connectivity index (χ2v) is 9.07. The van der Waals surface area contributed by atoms with Gasteiger partial charge in [0, 0.05) is 34.9 Å². The molecule has 2 heterocycles. The Morgan fingerprint density at radius 3 is 2.45 bits per heavy atom.